The lowest BCUT2D eigenvalue weighted by molar-refractivity contribution is -0.133. The molecule has 1 N–H and O–H groups in total. The van der Waals surface area contributed by atoms with Crippen molar-refractivity contribution in [1.82, 2.24) is 15.1 Å². The first-order valence-electron chi connectivity index (χ1n) is 10.3. The number of carbonyl (C=O) groups is 3. The van der Waals surface area contributed by atoms with Crippen molar-refractivity contribution < 1.29 is 18.8 Å². The lowest BCUT2D eigenvalue weighted by atomic mass is 10.0. The van der Waals surface area contributed by atoms with Gasteiger partial charge in [0.25, 0.3) is 0 Å². The number of amides is 3. The van der Waals surface area contributed by atoms with Crippen LogP contribution in [0.2, 0.25) is 0 Å². The van der Waals surface area contributed by atoms with E-state index in [1.165, 1.54) is 12.1 Å². The van der Waals surface area contributed by atoms with Crippen molar-refractivity contribution in [3.63, 3.8) is 0 Å². The summed E-state index contributed by atoms with van der Waals surface area (Å²) in [5.74, 6) is -0.643. The molecule has 2 saturated heterocycles. The lowest BCUT2D eigenvalue weighted by Gasteiger charge is -2.33. The molecule has 1 aromatic carbocycles. The van der Waals surface area contributed by atoms with E-state index in [1.54, 1.807) is 21.9 Å². The van der Waals surface area contributed by atoms with Crippen LogP contribution in [0.5, 0.6) is 0 Å². The minimum Gasteiger partial charge on any atom is -0.353 e. The molecule has 0 aliphatic carbocycles. The molecule has 2 fully saturated rings. The number of piperidine rings is 1. The van der Waals surface area contributed by atoms with E-state index in [4.69, 9.17) is 0 Å². The summed E-state index contributed by atoms with van der Waals surface area (Å²) in [4.78, 5) is 40.8. The molecule has 7 heteroatoms. The molecule has 0 radical (unpaired) electrons. The molecule has 3 rings (SSSR count). The molecule has 0 spiro atoms. The maximum atomic E-state index is 13.0. The van der Waals surface area contributed by atoms with Crippen LogP contribution in [0, 0.1) is 11.7 Å². The van der Waals surface area contributed by atoms with E-state index >= 15 is 0 Å². The highest BCUT2D eigenvalue weighted by Gasteiger charge is 2.40. The first kappa shape index (κ1) is 21.3. The van der Waals surface area contributed by atoms with Gasteiger partial charge in [0.15, 0.2) is 0 Å². The summed E-state index contributed by atoms with van der Waals surface area (Å²) in [5, 5.41) is 3.07. The van der Waals surface area contributed by atoms with Crippen LogP contribution in [-0.2, 0) is 20.8 Å². The van der Waals surface area contributed by atoms with E-state index in [2.05, 4.69) is 5.32 Å². The van der Waals surface area contributed by atoms with Gasteiger partial charge in [0.1, 0.15) is 5.82 Å². The Kier molecular flexibility index (Phi) is 6.24. The van der Waals surface area contributed by atoms with Crippen LogP contribution in [0.25, 0.3) is 0 Å². The molecule has 2 aliphatic rings. The van der Waals surface area contributed by atoms with Crippen molar-refractivity contribution in [3.8, 4) is 0 Å². The summed E-state index contributed by atoms with van der Waals surface area (Å²) in [6, 6.07) is 6.00. The number of nitrogens with one attached hydrogen (secondary N) is 1. The Bertz CT molecular complexity index is 765. The van der Waals surface area contributed by atoms with Crippen molar-refractivity contribution in [2.75, 3.05) is 19.6 Å². The van der Waals surface area contributed by atoms with E-state index in [9.17, 15) is 18.8 Å². The number of benzene rings is 1. The van der Waals surface area contributed by atoms with Gasteiger partial charge in [0.2, 0.25) is 17.7 Å². The first-order chi connectivity index (χ1) is 13.6. The summed E-state index contributed by atoms with van der Waals surface area (Å²) in [6.45, 7) is 7.56. The van der Waals surface area contributed by atoms with Crippen molar-refractivity contribution in [1.29, 1.82) is 0 Å². The Labute approximate surface area is 171 Å². The maximum absolute atomic E-state index is 13.0. The van der Waals surface area contributed by atoms with Gasteiger partial charge in [-0.15, -0.1) is 0 Å². The van der Waals surface area contributed by atoms with Crippen molar-refractivity contribution in [3.05, 3.63) is 35.6 Å². The average Bonchev–Trinajstić information content (AvgIpc) is 3.06. The van der Waals surface area contributed by atoms with Crippen LogP contribution in [0.15, 0.2) is 24.3 Å². The molecule has 158 valence electrons. The SMILES string of the molecule is CC(C)(C)N1CC(C(=O)NC2CCN(C(=O)Cc3ccc(F)cc3)CC2)CC1=O. The minimum atomic E-state index is -0.313. The molecular weight excluding hydrogens is 373 g/mol. The van der Waals surface area contributed by atoms with E-state index in [0.29, 0.717) is 32.5 Å². The monoisotopic (exact) mass is 403 g/mol. The fraction of sp³-hybridized carbons (Fsp3) is 0.591. The summed E-state index contributed by atoms with van der Waals surface area (Å²) in [6.07, 6.45) is 1.91. The number of likely N-dealkylation sites (tertiary alicyclic amines) is 2. The molecule has 3 amide bonds. The number of hydrogen-bond acceptors (Lipinski definition) is 3. The van der Waals surface area contributed by atoms with Crippen LogP contribution in [0.4, 0.5) is 4.39 Å². The topological polar surface area (TPSA) is 69.7 Å². The standard InChI is InChI=1S/C22H30FN3O3/c1-22(2,3)26-14-16(13-20(26)28)21(29)24-18-8-10-25(11-9-18)19(27)12-15-4-6-17(23)7-5-15/h4-7,16,18H,8-14H2,1-3H3,(H,24,29). The number of hydrogen-bond donors (Lipinski definition) is 1. The molecule has 1 atom stereocenters. The molecule has 1 aromatic rings. The quantitative estimate of drug-likeness (QED) is 0.837. The van der Waals surface area contributed by atoms with Crippen molar-refractivity contribution >= 4 is 17.7 Å². The van der Waals surface area contributed by atoms with Crippen molar-refractivity contribution in [2.45, 2.75) is 58.0 Å². The van der Waals surface area contributed by atoms with E-state index in [1.807, 2.05) is 20.8 Å². The first-order valence-corrected chi connectivity index (χ1v) is 10.3. The second-order valence-electron chi connectivity index (χ2n) is 9.04. The van der Waals surface area contributed by atoms with Crippen LogP contribution in [0.3, 0.4) is 0 Å². The highest BCUT2D eigenvalue weighted by molar-refractivity contribution is 5.89. The molecule has 2 aliphatic heterocycles. The Morgan fingerprint density at radius 3 is 2.31 bits per heavy atom. The van der Waals surface area contributed by atoms with Gasteiger partial charge in [-0.05, 0) is 51.3 Å². The third-order valence-corrected chi connectivity index (χ3v) is 5.77. The molecule has 0 aromatic heterocycles. The predicted molar refractivity (Wildman–Crippen MR) is 107 cm³/mol. The number of rotatable bonds is 4. The average molecular weight is 403 g/mol. The highest BCUT2D eigenvalue weighted by Crippen LogP contribution is 2.26. The molecule has 1 unspecified atom stereocenters. The van der Waals surface area contributed by atoms with Crippen molar-refractivity contribution in [2.24, 2.45) is 5.92 Å². The van der Waals surface area contributed by atoms with Gasteiger partial charge < -0.3 is 15.1 Å². The van der Waals surface area contributed by atoms with Crippen LogP contribution in [-0.4, -0.2) is 58.7 Å². The Morgan fingerprint density at radius 2 is 1.76 bits per heavy atom. The second kappa shape index (κ2) is 8.51. The lowest BCUT2D eigenvalue weighted by Crippen LogP contribution is -2.48. The fourth-order valence-corrected chi connectivity index (χ4v) is 4.01. The number of nitrogens with zero attached hydrogens (tertiary/aromatic N) is 2. The maximum Gasteiger partial charge on any atom is 0.226 e. The second-order valence-corrected chi connectivity index (χ2v) is 9.04. The van der Waals surface area contributed by atoms with Gasteiger partial charge in [0, 0.05) is 37.6 Å². The Balaban J connectivity index is 1.45. The summed E-state index contributed by atoms with van der Waals surface area (Å²) in [7, 11) is 0. The normalized spacial score (nSPS) is 20.8. The summed E-state index contributed by atoms with van der Waals surface area (Å²) < 4.78 is 13.0. The van der Waals surface area contributed by atoms with Gasteiger partial charge in [-0.3, -0.25) is 14.4 Å². The van der Waals surface area contributed by atoms with Gasteiger partial charge in [-0.2, -0.15) is 0 Å². The predicted octanol–water partition coefficient (Wildman–Crippen LogP) is 2.12. The molecule has 2 heterocycles. The molecular formula is C22H30FN3O3. The number of halogens is 1. The molecule has 29 heavy (non-hydrogen) atoms. The summed E-state index contributed by atoms with van der Waals surface area (Å²) >= 11 is 0. The zero-order valence-corrected chi connectivity index (χ0v) is 17.4. The highest BCUT2D eigenvalue weighted by atomic mass is 19.1. The zero-order chi connectivity index (χ0) is 21.2. The zero-order valence-electron chi connectivity index (χ0n) is 17.4. The van der Waals surface area contributed by atoms with Crippen LogP contribution < -0.4 is 5.32 Å². The minimum absolute atomic E-state index is 0.0172. The molecule has 6 nitrogen and oxygen atoms in total. The summed E-state index contributed by atoms with van der Waals surface area (Å²) in [5.41, 5.74) is 0.517. The third kappa shape index (κ3) is 5.34. The third-order valence-electron chi connectivity index (χ3n) is 5.77. The Morgan fingerprint density at radius 1 is 1.14 bits per heavy atom. The molecule has 0 saturated carbocycles. The molecule has 0 bridgehead atoms. The van der Waals surface area contributed by atoms with Crippen LogP contribution in [0.1, 0.15) is 45.6 Å². The van der Waals surface area contributed by atoms with Gasteiger partial charge in [-0.25, -0.2) is 4.39 Å². The number of carbonyl (C=O) groups excluding carboxylic acids is 3. The van der Waals surface area contributed by atoms with Crippen LogP contribution >= 0.6 is 0 Å². The van der Waals surface area contributed by atoms with E-state index in [-0.39, 0.29) is 53.9 Å². The van der Waals surface area contributed by atoms with Gasteiger partial charge in [0.05, 0.1) is 12.3 Å². The van der Waals surface area contributed by atoms with E-state index in [0.717, 1.165) is 5.56 Å². The van der Waals surface area contributed by atoms with Gasteiger partial charge in [-0.1, -0.05) is 12.1 Å². The Hall–Kier alpha value is -2.44. The van der Waals surface area contributed by atoms with Gasteiger partial charge >= 0.3 is 0 Å². The smallest absolute Gasteiger partial charge is 0.226 e. The fourth-order valence-electron chi connectivity index (χ4n) is 4.01. The van der Waals surface area contributed by atoms with E-state index < -0.39 is 0 Å². The largest absolute Gasteiger partial charge is 0.353 e.